The largest absolute Gasteiger partial charge is 0.480 e. The van der Waals surface area contributed by atoms with Crippen LogP contribution in [0, 0.1) is 11.3 Å². The maximum absolute atomic E-state index is 10.5. The van der Waals surface area contributed by atoms with Crippen LogP contribution in [0.2, 0.25) is 0 Å². The van der Waals surface area contributed by atoms with Crippen molar-refractivity contribution in [2.24, 2.45) is 28.9 Å². The second kappa shape index (κ2) is 24.1. The van der Waals surface area contributed by atoms with Gasteiger partial charge in [0.1, 0.15) is 24.2 Å². The number of carboxylic acids is 4. The van der Waals surface area contributed by atoms with Crippen molar-refractivity contribution in [2.45, 2.75) is 109 Å². The van der Waals surface area contributed by atoms with E-state index in [1.807, 2.05) is 13.8 Å². The minimum Gasteiger partial charge on any atom is -0.480 e. The molecule has 0 aromatic carbocycles. The highest BCUT2D eigenvalue weighted by Gasteiger charge is 2.19. The molecule has 230 valence electrons. The molecule has 0 radical (unpaired) electrons. The van der Waals surface area contributed by atoms with E-state index in [0.29, 0.717) is 25.4 Å². The van der Waals surface area contributed by atoms with E-state index in [2.05, 4.69) is 10.6 Å². The van der Waals surface area contributed by atoms with E-state index in [1.165, 1.54) is 26.2 Å². The average molecular weight is 566 g/mol. The standard InChI is InChI=1S/C9H17NO2.C6H14N4O2.C6H13NO2.C3H7NO2/c1-7(9(11)12)10-8-5-3-2-4-6-8;7-4(5(11)12)2-1-3-10-6(8)9;1-3-4(2)5(7)6(8)9;1-2(4)3(5)6/h7-8,10H,2-6H2,1H3,(H,11,12);4H,1-3,7H2,(H,11,12)(H4,8,9,10);4-5H,3,7H2,1-2H3,(H,8,9);2H,4H2,1H3,(H,5,6). The lowest BCUT2D eigenvalue weighted by atomic mass is 9.95. The van der Waals surface area contributed by atoms with Gasteiger partial charge in [0.2, 0.25) is 0 Å². The van der Waals surface area contributed by atoms with Gasteiger partial charge in [-0.25, -0.2) is 0 Å². The average Bonchev–Trinajstić information content (AvgIpc) is 2.86. The number of nitrogens with two attached hydrogens (primary N) is 4. The molecule has 5 unspecified atom stereocenters. The van der Waals surface area contributed by atoms with Crippen molar-refractivity contribution in [3.05, 3.63) is 0 Å². The minimum absolute atomic E-state index is 0.0718. The second-order valence-electron chi connectivity index (χ2n) is 9.37. The molecule has 0 aromatic rings. The third-order valence-corrected chi connectivity index (χ3v) is 5.72. The Morgan fingerprint density at radius 1 is 0.872 bits per heavy atom. The summed E-state index contributed by atoms with van der Waals surface area (Å²) in [4.78, 5) is 40.5. The van der Waals surface area contributed by atoms with Crippen molar-refractivity contribution < 1.29 is 39.6 Å². The molecule has 1 aliphatic carbocycles. The lowest BCUT2D eigenvalue weighted by molar-refractivity contribution is -0.140. The molecule has 15 nitrogen and oxygen atoms in total. The Labute approximate surface area is 230 Å². The van der Waals surface area contributed by atoms with Gasteiger partial charge in [0.05, 0.1) is 0 Å². The van der Waals surface area contributed by atoms with Crippen molar-refractivity contribution in [2.75, 3.05) is 6.54 Å². The first-order chi connectivity index (χ1) is 18.0. The molecule has 39 heavy (non-hydrogen) atoms. The third kappa shape index (κ3) is 26.4. The maximum atomic E-state index is 10.5. The third-order valence-electron chi connectivity index (χ3n) is 5.72. The molecule has 0 bridgehead atoms. The number of hydrogen-bond acceptors (Lipinski definition) is 9. The first-order valence-corrected chi connectivity index (χ1v) is 13.0. The Bertz CT molecular complexity index is 719. The van der Waals surface area contributed by atoms with Gasteiger partial charge in [-0.3, -0.25) is 24.6 Å². The summed E-state index contributed by atoms with van der Waals surface area (Å²) in [6.45, 7) is 7.36. The van der Waals surface area contributed by atoms with Gasteiger partial charge >= 0.3 is 23.9 Å². The van der Waals surface area contributed by atoms with Gasteiger partial charge in [-0.1, -0.05) is 39.5 Å². The molecular formula is C24H51N7O8. The Hall–Kier alpha value is -3.01. The van der Waals surface area contributed by atoms with E-state index < -0.39 is 48.0 Å². The van der Waals surface area contributed by atoms with Crippen LogP contribution in [-0.4, -0.2) is 87.0 Å². The van der Waals surface area contributed by atoms with Crippen LogP contribution in [-0.2, 0) is 19.2 Å². The summed E-state index contributed by atoms with van der Waals surface area (Å²) >= 11 is 0. The first-order valence-electron chi connectivity index (χ1n) is 13.0. The fraction of sp³-hybridized carbons (Fsp3) is 0.792. The number of carboxylic acid groups (broad SMARTS) is 4. The lowest BCUT2D eigenvalue weighted by Gasteiger charge is -2.24. The molecule has 0 aromatic heterocycles. The smallest absolute Gasteiger partial charge is 0.320 e. The van der Waals surface area contributed by atoms with E-state index in [1.54, 1.807) is 6.92 Å². The van der Waals surface area contributed by atoms with Crippen molar-refractivity contribution in [3.63, 3.8) is 0 Å². The molecule has 5 atom stereocenters. The van der Waals surface area contributed by atoms with Gasteiger partial charge in [0.15, 0.2) is 5.96 Å². The van der Waals surface area contributed by atoms with E-state index in [4.69, 9.17) is 48.8 Å². The fourth-order valence-electron chi connectivity index (χ4n) is 2.86. The zero-order valence-corrected chi connectivity index (χ0v) is 23.6. The normalized spacial score (nSPS) is 16.5. The van der Waals surface area contributed by atoms with Crippen molar-refractivity contribution in [1.29, 1.82) is 5.41 Å². The summed E-state index contributed by atoms with van der Waals surface area (Å²) in [5.41, 5.74) is 20.3. The molecule has 0 aliphatic heterocycles. The van der Waals surface area contributed by atoms with Crippen LogP contribution in [0.4, 0.5) is 0 Å². The van der Waals surface area contributed by atoms with Gasteiger partial charge < -0.3 is 54.0 Å². The highest BCUT2D eigenvalue weighted by atomic mass is 16.4. The number of rotatable bonds is 12. The van der Waals surface area contributed by atoms with Crippen molar-refractivity contribution in [1.82, 2.24) is 10.6 Å². The number of guanidine groups is 1. The van der Waals surface area contributed by atoms with Crippen LogP contribution in [0.3, 0.4) is 0 Å². The van der Waals surface area contributed by atoms with E-state index in [0.717, 1.165) is 19.3 Å². The predicted molar refractivity (Wildman–Crippen MR) is 148 cm³/mol. The lowest BCUT2D eigenvalue weighted by Crippen LogP contribution is -2.42. The molecule has 1 rings (SSSR count). The molecule has 1 aliphatic rings. The van der Waals surface area contributed by atoms with Crippen molar-refractivity contribution >= 4 is 29.8 Å². The summed E-state index contributed by atoms with van der Waals surface area (Å²) in [7, 11) is 0. The van der Waals surface area contributed by atoms with Crippen LogP contribution < -0.4 is 33.6 Å². The minimum atomic E-state index is -1.00. The van der Waals surface area contributed by atoms with Crippen molar-refractivity contribution in [3.8, 4) is 0 Å². The second-order valence-corrected chi connectivity index (χ2v) is 9.37. The summed E-state index contributed by atoms with van der Waals surface area (Å²) in [5.74, 6) is -3.67. The maximum Gasteiger partial charge on any atom is 0.320 e. The predicted octanol–water partition coefficient (Wildman–Crippen LogP) is -0.0940. The Morgan fingerprint density at radius 2 is 1.36 bits per heavy atom. The summed E-state index contributed by atoms with van der Waals surface area (Å²) in [6, 6.07) is -2.21. The first kappa shape index (κ1) is 40.5. The molecule has 0 saturated heterocycles. The van der Waals surface area contributed by atoms with E-state index in [9.17, 15) is 19.2 Å². The summed E-state index contributed by atoms with van der Waals surface area (Å²) in [5, 5.41) is 45.7. The topological polar surface area (TPSA) is 301 Å². The highest BCUT2D eigenvalue weighted by Crippen LogP contribution is 2.17. The molecule has 0 amide bonds. The van der Waals surface area contributed by atoms with Gasteiger partial charge in [-0.2, -0.15) is 0 Å². The van der Waals surface area contributed by atoms with Crippen LogP contribution >= 0.6 is 0 Å². The van der Waals surface area contributed by atoms with Gasteiger partial charge in [-0.05, 0) is 45.4 Å². The monoisotopic (exact) mass is 565 g/mol. The van der Waals surface area contributed by atoms with Crippen LogP contribution in [0.25, 0.3) is 0 Å². The zero-order valence-electron chi connectivity index (χ0n) is 23.6. The molecule has 0 spiro atoms. The number of carbonyl (C=O) groups is 4. The molecule has 1 fully saturated rings. The van der Waals surface area contributed by atoms with Crippen LogP contribution in [0.1, 0.15) is 79.1 Å². The number of aliphatic carboxylic acids is 4. The summed E-state index contributed by atoms with van der Waals surface area (Å²) in [6.07, 6.45) is 7.85. The molecule has 15 heteroatoms. The quantitative estimate of drug-likeness (QED) is 0.0836. The van der Waals surface area contributed by atoms with E-state index >= 15 is 0 Å². The molecule has 15 N–H and O–H groups in total. The Kier molecular flexibility index (Phi) is 25.0. The summed E-state index contributed by atoms with van der Waals surface area (Å²) < 4.78 is 0. The number of nitrogens with one attached hydrogen (secondary N) is 3. The Morgan fingerprint density at radius 3 is 1.67 bits per heavy atom. The highest BCUT2D eigenvalue weighted by molar-refractivity contribution is 5.74. The number of hydrogen-bond donors (Lipinski definition) is 11. The van der Waals surface area contributed by atoms with Gasteiger partial charge in [0, 0.05) is 12.6 Å². The molecular weight excluding hydrogens is 514 g/mol. The molecule has 0 heterocycles. The van der Waals surface area contributed by atoms with E-state index in [-0.39, 0.29) is 11.9 Å². The molecule has 1 saturated carbocycles. The van der Waals surface area contributed by atoms with Crippen LogP contribution in [0.15, 0.2) is 0 Å². The Balaban J connectivity index is -0.000000457. The SMILES string of the molecule is CC(N)C(=O)O.CC(NC1CCCCC1)C(=O)O.CCC(C)C(N)C(=O)O.N=C(N)NCCCC(N)C(=O)O. The van der Waals surface area contributed by atoms with Gasteiger partial charge in [0.25, 0.3) is 0 Å². The van der Waals surface area contributed by atoms with Crippen LogP contribution in [0.5, 0.6) is 0 Å². The van der Waals surface area contributed by atoms with Gasteiger partial charge in [-0.15, -0.1) is 0 Å². The zero-order chi connectivity index (χ0) is 31.1. The fourth-order valence-corrected chi connectivity index (χ4v) is 2.86.